The predicted molar refractivity (Wildman–Crippen MR) is 110 cm³/mol. The zero-order chi connectivity index (χ0) is 19.2. The van der Waals surface area contributed by atoms with E-state index in [1.807, 2.05) is 30.3 Å². The molecule has 1 heterocycles. The molecule has 0 spiro atoms. The highest BCUT2D eigenvalue weighted by Crippen LogP contribution is 2.25. The van der Waals surface area contributed by atoms with Crippen LogP contribution in [0.25, 0.3) is 0 Å². The van der Waals surface area contributed by atoms with E-state index in [4.69, 9.17) is 0 Å². The van der Waals surface area contributed by atoms with E-state index in [9.17, 15) is 14.4 Å². The van der Waals surface area contributed by atoms with Crippen LogP contribution in [0.15, 0.2) is 48.5 Å². The average Bonchev–Trinajstić information content (AvgIpc) is 2.93. The number of hydrogen-bond acceptors (Lipinski definition) is 4. The largest absolute Gasteiger partial charge is 0.351 e. The van der Waals surface area contributed by atoms with Gasteiger partial charge in [-0.3, -0.25) is 19.3 Å². The highest BCUT2D eigenvalue weighted by Gasteiger charge is 2.35. The summed E-state index contributed by atoms with van der Waals surface area (Å²) in [4.78, 5) is 38.8. The highest BCUT2D eigenvalue weighted by molar-refractivity contribution is 6.22. The first-order valence-corrected chi connectivity index (χ1v) is 9.15. The van der Waals surface area contributed by atoms with Crippen molar-refractivity contribution in [2.75, 3.05) is 19.6 Å². The van der Waals surface area contributed by atoms with Crippen molar-refractivity contribution in [3.63, 3.8) is 0 Å². The molecule has 3 amide bonds. The molecule has 0 bridgehead atoms. The maximum absolute atomic E-state index is 12.7. The molecular formula is C21H24ClN3O3. The fraction of sp³-hybridized carbons (Fsp3) is 0.286. The number of imide groups is 1. The molecule has 0 fully saturated rings. The van der Waals surface area contributed by atoms with E-state index >= 15 is 0 Å². The molecule has 3 rings (SSSR count). The van der Waals surface area contributed by atoms with Crippen LogP contribution in [-0.4, -0.2) is 42.3 Å². The summed E-state index contributed by atoms with van der Waals surface area (Å²) in [5.74, 6) is -0.939. The number of fused-ring (bicyclic) bond motifs is 1. The second-order valence-corrected chi connectivity index (χ2v) is 6.45. The molecule has 0 saturated carbocycles. The summed E-state index contributed by atoms with van der Waals surface area (Å²) < 4.78 is 0. The molecule has 1 aliphatic heterocycles. The lowest BCUT2D eigenvalue weighted by Gasteiger charge is -2.13. The van der Waals surface area contributed by atoms with Crippen LogP contribution in [0, 0.1) is 0 Å². The Kier molecular flexibility index (Phi) is 7.72. The van der Waals surface area contributed by atoms with Crippen molar-refractivity contribution in [2.45, 2.75) is 19.9 Å². The quantitative estimate of drug-likeness (QED) is 0.526. The minimum atomic E-state index is -0.363. The molecule has 2 N–H and O–H groups in total. The summed E-state index contributed by atoms with van der Waals surface area (Å²) >= 11 is 0. The van der Waals surface area contributed by atoms with Gasteiger partial charge in [-0.15, -0.1) is 12.4 Å². The van der Waals surface area contributed by atoms with E-state index in [1.165, 1.54) is 11.0 Å². The molecule has 0 atom stereocenters. The normalized spacial score (nSPS) is 12.5. The first-order chi connectivity index (χ1) is 13.1. The molecule has 0 saturated heterocycles. The molecule has 0 unspecified atom stereocenters. The van der Waals surface area contributed by atoms with Gasteiger partial charge in [0.05, 0.1) is 17.7 Å². The standard InChI is InChI=1S/C21H23N3O3.ClH/c1-2-10-22-11-12-23-19(25)16-8-9-17-18(13-16)21(27)24(20(17)26)14-15-6-4-3-5-7-15;/h3-9,13,22H,2,10-12,14H2,1H3,(H,23,25);1H. The van der Waals surface area contributed by atoms with Crippen LogP contribution in [0.3, 0.4) is 0 Å². The molecule has 6 nitrogen and oxygen atoms in total. The van der Waals surface area contributed by atoms with Crippen molar-refractivity contribution < 1.29 is 14.4 Å². The maximum atomic E-state index is 12.7. The Bertz CT molecular complexity index is 855. The zero-order valence-electron chi connectivity index (χ0n) is 15.7. The number of benzene rings is 2. The highest BCUT2D eigenvalue weighted by atomic mass is 35.5. The Morgan fingerprint density at radius 2 is 1.64 bits per heavy atom. The fourth-order valence-electron chi connectivity index (χ4n) is 3.01. The summed E-state index contributed by atoms with van der Waals surface area (Å²) in [5, 5.41) is 6.02. The van der Waals surface area contributed by atoms with Crippen LogP contribution in [0.1, 0.15) is 50.0 Å². The Morgan fingerprint density at radius 3 is 2.36 bits per heavy atom. The molecule has 7 heteroatoms. The van der Waals surface area contributed by atoms with Crippen molar-refractivity contribution in [2.24, 2.45) is 0 Å². The van der Waals surface area contributed by atoms with Gasteiger partial charge in [0.15, 0.2) is 0 Å². The van der Waals surface area contributed by atoms with Gasteiger partial charge in [-0.25, -0.2) is 0 Å². The lowest BCUT2D eigenvalue weighted by molar-refractivity contribution is 0.0642. The summed E-state index contributed by atoms with van der Waals surface area (Å²) in [5.41, 5.74) is 1.89. The van der Waals surface area contributed by atoms with Gasteiger partial charge in [-0.2, -0.15) is 0 Å². The molecule has 28 heavy (non-hydrogen) atoms. The van der Waals surface area contributed by atoms with Gasteiger partial charge in [-0.1, -0.05) is 37.3 Å². The molecular weight excluding hydrogens is 378 g/mol. The van der Waals surface area contributed by atoms with Gasteiger partial charge < -0.3 is 10.6 Å². The lowest BCUT2D eigenvalue weighted by atomic mass is 10.1. The minimum Gasteiger partial charge on any atom is -0.351 e. The Balaban J connectivity index is 0.00000280. The summed E-state index contributed by atoms with van der Waals surface area (Å²) in [6.07, 6.45) is 1.04. The third-order valence-electron chi connectivity index (χ3n) is 4.43. The second kappa shape index (κ2) is 10.0. The van der Waals surface area contributed by atoms with E-state index in [1.54, 1.807) is 12.1 Å². The first-order valence-electron chi connectivity index (χ1n) is 9.15. The van der Waals surface area contributed by atoms with Crippen molar-refractivity contribution >= 4 is 30.1 Å². The van der Waals surface area contributed by atoms with Gasteiger partial charge in [-0.05, 0) is 36.7 Å². The number of halogens is 1. The topological polar surface area (TPSA) is 78.5 Å². The van der Waals surface area contributed by atoms with E-state index in [2.05, 4.69) is 17.6 Å². The van der Waals surface area contributed by atoms with Crippen molar-refractivity contribution in [3.05, 3.63) is 70.8 Å². The van der Waals surface area contributed by atoms with Crippen LogP contribution >= 0.6 is 12.4 Å². The van der Waals surface area contributed by atoms with E-state index in [0.717, 1.165) is 18.5 Å². The monoisotopic (exact) mass is 401 g/mol. The fourth-order valence-corrected chi connectivity index (χ4v) is 3.01. The summed E-state index contributed by atoms with van der Waals surface area (Å²) in [6.45, 7) is 4.39. The molecule has 2 aromatic carbocycles. The molecule has 2 aromatic rings. The molecule has 0 aliphatic carbocycles. The number of rotatable bonds is 8. The number of nitrogens with one attached hydrogen (secondary N) is 2. The van der Waals surface area contributed by atoms with Crippen molar-refractivity contribution in [1.82, 2.24) is 15.5 Å². The second-order valence-electron chi connectivity index (χ2n) is 6.45. The minimum absolute atomic E-state index is 0. The van der Waals surface area contributed by atoms with Crippen molar-refractivity contribution in [1.29, 1.82) is 0 Å². The number of carbonyl (C=O) groups excluding carboxylic acids is 3. The van der Waals surface area contributed by atoms with E-state index < -0.39 is 0 Å². The van der Waals surface area contributed by atoms with Gasteiger partial charge in [0.25, 0.3) is 17.7 Å². The number of carbonyl (C=O) groups is 3. The Morgan fingerprint density at radius 1 is 0.929 bits per heavy atom. The summed E-state index contributed by atoms with van der Waals surface area (Å²) in [7, 11) is 0. The predicted octanol–water partition coefficient (Wildman–Crippen LogP) is 2.63. The van der Waals surface area contributed by atoms with Crippen LogP contribution < -0.4 is 10.6 Å². The van der Waals surface area contributed by atoms with Crippen LogP contribution in [0.4, 0.5) is 0 Å². The third-order valence-corrected chi connectivity index (χ3v) is 4.43. The van der Waals surface area contributed by atoms with Gasteiger partial charge in [0.2, 0.25) is 0 Å². The average molecular weight is 402 g/mol. The molecule has 0 aromatic heterocycles. The lowest BCUT2D eigenvalue weighted by Crippen LogP contribution is -2.32. The Labute approximate surface area is 170 Å². The van der Waals surface area contributed by atoms with Crippen LogP contribution in [-0.2, 0) is 6.54 Å². The maximum Gasteiger partial charge on any atom is 0.261 e. The Hall–Kier alpha value is -2.70. The molecule has 1 aliphatic rings. The van der Waals surface area contributed by atoms with Crippen LogP contribution in [0.5, 0.6) is 0 Å². The number of amides is 3. The third kappa shape index (κ3) is 4.77. The van der Waals surface area contributed by atoms with Gasteiger partial charge >= 0.3 is 0 Å². The number of hydrogen-bond donors (Lipinski definition) is 2. The molecule has 0 radical (unpaired) electrons. The zero-order valence-corrected chi connectivity index (χ0v) is 16.6. The smallest absolute Gasteiger partial charge is 0.261 e. The van der Waals surface area contributed by atoms with Gasteiger partial charge in [0.1, 0.15) is 0 Å². The van der Waals surface area contributed by atoms with Gasteiger partial charge in [0, 0.05) is 18.7 Å². The van der Waals surface area contributed by atoms with E-state index in [0.29, 0.717) is 24.2 Å². The van der Waals surface area contributed by atoms with E-state index in [-0.39, 0.29) is 42.2 Å². The molecule has 148 valence electrons. The summed E-state index contributed by atoms with van der Waals surface area (Å²) in [6, 6.07) is 14.0. The first kappa shape index (κ1) is 21.6. The SMILES string of the molecule is CCCNCCNC(=O)c1ccc2c(c1)C(=O)N(Cc1ccccc1)C2=O.Cl. The number of nitrogens with zero attached hydrogens (tertiary/aromatic N) is 1. The van der Waals surface area contributed by atoms with Crippen molar-refractivity contribution in [3.8, 4) is 0 Å². The van der Waals surface area contributed by atoms with Crippen LogP contribution in [0.2, 0.25) is 0 Å².